The van der Waals surface area contributed by atoms with Crippen LogP contribution in [0, 0.1) is 12.1 Å². The lowest BCUT2D eigenvalue weighted by molar-refractivity contribution is 0.629. The molecule has 1 heterocycles. The van der Waals surface area contributed by atoms with Crippen molar-refractivity contribution in [3.63, 3.8) is 0 Å². The Morgan fingerprint density at radius 2 is 2.25 bits per heavy atom. The second kappa shape index (κ2) is 2.68. The second-order valence-electron chi connectivity index (χ2n) is 2.30. The molecule has 2 nitrogen and oxygen atoms in total. The fourth-order valence-electron chi connectivity index (χ4n) is 0.933. The zero-order chi connectivity index (χ0) is 8.55. The van der Waals surface area contributed by atoms with E-state index in [0.717, 1.165) is 0 Å². The van der Waals surface area contributed by atoms with Crippen molar-refractivity contribution >= 4 is 22.5 Å². The molecule has 0 amide bonds. The molecule has 0 atom stereocenters. The fraction of sp³-hybridized carbons (Fsp3) is 0. The van der Waals surface area contributed by atoms with Crippen molar-refractivity contribution in [2.45, 2.75) is 0 Å². The van der Waals surface area contributed by atoms with Crippen molar-refractivity contribution in [2.75, 3.05) is 0 Å². The molecule has 1 aromatic carbocycles. The van der Waals surface area contributed by atoms with Gasteiger partial charge in [-0.15, -0.1) is 0 Å². The first-order valence-corrected chi connectivity index (χ1v) is 3.63. The van der Waals surface area contributed by atoms with Gasteiger partial charge in [-0.1, -0.05) is 11.6 Å². The Kier molecular flexibility index (Phi) is 1.66. The van der Waals surface area contributed by atoms with E-state index in [-0.39, 0.29) is 5.02 Å². The predicted molar refractivity (Wildman–Crippen MR) is 43.3 cm³/mol. The van der Waals surface area contributed by atoms with Gasteiger partial charge in [-0.25, -0.2) is 14.4 Å². The molecular weight excluding hydrogens is 179 g/mol. The Morgan fingerprint density at radius 1 is 1.42 bits per heavy atom. The summed E-state index contributed by atoms with van der Waals surface area (Å²) in [5, 5.41) is 0.789. The summed E-state index contributed by atoms with van der Waals surface area (Å²) in [5.74, 6) is -0.476. The Hall–Kier alpha value is -1.22. The average Bonchev–Trinajstić information content (AvgIpc) is 2.07. The van der Waals surface area contributed by atoms with Crippen LogP contribution in [0.4, 0.5) is 4.39 Å². The number of benzene rings is 1. The van der Waals surface area contributed by atoms with Crippen LogP contribution in [-0.4, -0.2) is 9.97 Å². The molecule has 2 rings (SSSR count). The molecule has 2 aromatic rings. The third-order valence-corrected chi connectivity index (χ3v) is 1.79. The third-order valence-electron chi connectivity index (χ3n) is 1.50. The summed E-state index contributed by atoms with van der Waals surface area (Å²) >= 11 is 5.55. The van der Waals surface area contributed by atoms with Crippen LogP contribution < -0.4 is 0 Å². The van der Waals surface area contributed by atoms with Gasteiger partial charge in [-0.3, -0.25) is 0 Å². The van der Waals surface area contributed by atoms with Crippen molar-refractivity contribution < 1.29 is 4.39 Å². The highest BCUT2D eigenvalue weighted by Crippen LogP contribution is 2.19. The number of nitrogens with zero attached hydrogens (tertiary/aromatic N) is 2. The minimum Gasteiger partial charge on any atom is -0.233 e. The van der Waals surface area contributed by atoms with Crippen LogP contribution in [0.15, 0.2) is 18.3 Å². The van der Waals surface area contributed by atoms with E-state index >= 15 is 0 Å². The molecule has 0 fully saturated rings. The quantitative estimate of drug-likeness (QED) is 0.623. The summed E-state index contributed by atoms with van der Waals surface area (Å²) in [5.41, 5.74) is 0.506. The number of rotatable bonds is 0. The molecule has 0 aliphatic heterocycles. The third kappa shape index (κ3) is 1.12. The number of halogens is 2. The molecule has 0 saturated heterocycles. The minimum absolute atomic E-state index is 0.0808. The van der Waals surface area contributed by atoms with Crippen LogP contribution in [0.5, 0.6) is 0 Å². The zero-order valence-electron chi connectivity index (χ0n) is 5.88. The van der Waals surface area contributed by atoms with Crippen molar-refractivity contribution in [1.29, 1.82) is 0 Å². The monoisotopic (exact) mass is 181 g/mol. The van der Waals surface area contributed by atoms with Gasteiger partial charge >= 0.3 is 0 Å². The minimum atomic E-state index is -0.476. The van der Waals surface area contributed by atoms with Crippen molar-refractivity contribution in [1.82, 2.24) is 9.97 Å². The molecule has 12 heavy (non-hydrogen) atoms. The summed E-state index contributed by atoms with van der Waals surface area (Å²) < 4.78 is 12.8. The summed E-state index contributed by atoms with van der Waals surface area (Å²) in [6, 6.07) is 2.75. The fourth-order valence-corrected chi connectivity index (χ4v) is 1.11. The summed E-state index contributed by atoms with van der Waals surface area (Å²) in [4.78, 5) is 7.41. The topological polar surface area (TPSA) is 25.8 Å². The van der Waals surface area contributed by atoms with Crippen LogP contribution in [-0.2, 0) is 0 Å². The molecule has 1 aromatic heterocycles. The maximum atomic E-state index is 12.8. The van der Waals surface area contributed by atoms with E-state index in [4.69, 9.17) is 11.6 Å². The molecule has 0 spiro atoms. The van der Waals surface area contributed by atoms with Crippen molar-refractivity contribution in [3.05, 3.63) is 35.5 Å². The van der Waals surface area contributed by atoms with Gasteiger partial charge in [0.15, 0.2) is 6.33 Å². The Bertz CT molecular complexity index is 390. The molecule has 0 N–H and O–H groups in total. The molecule has 0 aliphatic rings. The van der Waals surface area contributed by atoms with Crippen LogP contribution in [0.25, 0.3) is 10.9 Å². The molecule has 59 valence electrons. The molecule has 0 aliphatic carbocycles. The lowest BCUT2D eigenvalue weighted by Gasteiger charge is -1.96. The van der Waals surface area contributed by atoms with Gasteiger partial charge in [0.25, 0.3) is 0 Å². The Balaban J connectivity index is 2.84. The normalized spacial score (nSPS) is 10.5. The standard InChI is InChI=1S/C8H3ClFN2/c9-6-1-5-3-11-4-12-8(5)2-7(6)10/h1-3H. The predicted octanol–water partition coefficient (Wildman–Crippen LogP) is 2.22. The maximum Gasteiger partial charge on any atom is 0.198 e. The van der Waals surface area contributed by atoms with E-state index in [1.165, 1.54) is 18.3 Å². The molecule has 1 radical (unpaired) electrons. The smallest absolute Gasteiger partial charge is 0.198 e. The van der Waals surface area contributed by atoms with E-state index in [1.807, 2.05) is 0 Å². The lowest BCUT2D eigenvalue weighted by atomic mass is 10.2. The Labute approximate surface area is 73.0 Å². The van der Waals surface area contributed by atoms with Gasteiger partial charge in [0.05, 0.1) is 10.5 Å². The number of fused-ring (bicyclic) bond motifs is 1. The van der Waals surface area contributed by atoms with E-state index < -0.39 is 5.82 Å². The molecule has 0 unspecified atom stereocenters. The van der Waals surface area contributed by atoms with Crippen LogP contribution in [0.2, 0.25) is 5.02 Å². The van der Waals surface area contributed by atoms with Crippen molar-refractivity contribution in [2.24, 2.45) is 0 Å². The molecule has 0 bridgehead atoms. The largest absolute Gasteiger partial charge is 0.233 e. The van der Waals surface area contributed by atoms with Gasteiger partial charge in [0, 0.05) is 17.6 Å². The maximum absolute atomic E-state index is 12.8. The first-order valence-electron chi connectivity index (χ1n) is 3.25. The summed E-state index contributed by atoms with van der Waals surface area (Å²) in [6.45, 7) is 0. The van der Waals surface area contributed by atoms with Crippen LogP contribution >= 0.6 is 11.6 Å². The van der Waals surface area contributed by atoms with Gasteiger partial charge in [-0.05, 0) is 6.07 Å². The van der Waals surface area contributed by atoms with E-state index in [1.54, 1.807) is 0 Å². The SMILES string of the molecule is Fc1cc2n[c]ncc2cc1Cl. The molecule has 0 saturated carbocycles. The first kappa shape index (κ1) is 7.43. The van der Waals surface area contributed by atoms with E-state index in [2.05, 4.69) is 16.3 Å². The summed E-state index contributed by atoms with van der Waals surface area (Å²) in [6.07, 6.45) is 3.91. The summed E-state index contributed by atoms with van der Waals surface area (Å²) in [7, 11) is 0. The van der Waals surface area contributed by atoms with Gasteiger partial charge in [0.2, 0.25) is 0 Å². The first-order chi connectivity index (χ1) is 5.77. The van der Waals surface area contributed by atoms with Crippen LogP contribution in [0.3, 0.4) is 0 Å². The molecular formula is C8H3ClFN2. The number of hydrogen-bond donors (Lipinski definition) is 0. The van der Waals surface area contributed by atoms with Gasteiger partial charge in [-0.2, -0.15) is 0 Å². The van der Waals surface area contributed by atoms with Gasteiger partial charge in [0.1, 0.15) is 5.82 Å². The lowest BCUT2D eigenvalue weighted by Crippen LogP contribution is -1.84. The number of hydrogen-bond acceptors (Lipinski definition) is 2. The van der Waals surface area contributed by atoms with Crippen LogP contribution in [0.1, 0.15) is 0 Å². The Morgan fingerprint density at radius 3 is 3.08 bits per heavy atom. The van der Waals surface area contributed by atoms with Gasteiger partial charge < -0.3 is 0 Å². The number of aromatic nitrogens is 2. The highest BCUT2D eigenvalue weighted by Gasteiger charge is 2.02. The zero-order valence-corrected chi connectivity index (χ0v) is 6.64. The van der Waals surface area contributed by atoms with E-state index in [9.17, 15) is 4.39 Å². The highest BCUT2D eigenvalue weighted by atomic mass is 35.5. The highest BCUT2D eigenvalue weighted by molar-refractivity contribution is 6.31. The van der Waals surface area contributed by atoms with Crippen molar-refractivity contribution in [3.8, 4) is 0 Å². The van der Waals surface area contributed by atoms with E-state index in [0.29, 0.717) is 10.9 Å². The second-order valence-corrected chi connectivity index (χ2v) is 2.70. The molecule has 4 heteroatoms. The average molecular weight is 182 g/mol.